The van der Waals surface area contributed by atoms with Crippen molar-refractivity contribution < 1.29 is 0 Å². The second kappa shape index (κ2) is 5.42. The summed E-state index contributed by atoms with van der Waals surface area (Å²) in [6.07, 6.45) is 0. The van der Waals surface area contributed by atoms with Crippen LogP contribution >= 0.6 is 0 Å². The van der Waals surface area contributed by atoms with Gasteiger partial charge in [-0.2, -0.15) is 0 Å². The van der Waals surface area contributed by atoms with Gasteiger partial charge in [-0.05, 0) is 44.2 Å². The third-order valence-corrected chi connectivity index (χ3v) is 7.63. The summed E-state index contributed by atoms with van der Waals surface area (Å²) < 4.78 is 0. The van der Waals surface area contributed by atoms with Crippen molar-refractivity contribution in [3.05, 3.63) is 78.9 Å². The monoisotopic (exact) mass is 350 g/mol. The number of hydrogen-bond acceptors (Lipinski definition) is 0. The van der Waals surface area contributed by atoms with E-state index in [4.69, 9.17) is 0 Å². The van der Waals surface area contributed by atoms with Crippen molar-refractivity contribution in [1.29, 1.82) is 0 Å². The van der Waals surface area contributed by atoms with E-state index in [2.05, 4.69) is 98.5 Å². The maximum absolute atomic E-state index is 2.46. The Morgan fingerprint density at radius 1 is 0.538 bits per heavy atom. The van der Waals surface area contributed by atoms with Crippen LogP contribution in [-0.2, 0) is 0 Å². The Labute approximate surface area is 156 Å². The highest BCUT2D eigenvalue weighted by Gasteiger charge is 2.25. The van der Waals surface area contributed by atoms with Crippen molar-refractivity contribution in [3.63, 3.8) is 0 Å². The van der Waals surface area contributed by atoms with Gasteiger partial charge >= 0.3 is 0 Å². The molecule has 5 rings (SSSR count). The molecule has 0 saturated heterocycles. The zero-order chi connectivity index (χ0) is 17.9. The molecule has 0 aliphatic heterocycles. The molecule has 0 atom stereocenters. The lowest BCUT2D eigenvalue weighted by Gasteiger charge is -2.18. The van der Waals surface area contributed by atoms with Crippen LogP contribution < -0.4 is 5.19 Å². The molecule has 4 aromatic rings. The second-order valence-corrected chi connectivity index (χ2v) is 13.3. The average Bonchev–Trinajstić information content (AvgIpc) is 2.97. The van der Waals surface area contributed by atoms with Crippen molar-refractivity contribution >= 4 is 24.0 Å². The number of hydrogen-bond donors (Lipinski definition) is 0. The van der Waals surface area contributed by atoms with Crippen molar-refractivity contribution in [2.75, 3.05) is 0 Å². The molecule has 0 spiro atoms. The van der Waals surface area contributed by atoms with Crippen LogP contribution in [0.3, 0.4) is 0 Å². The van der Waals surface area contributed by atoms with Crippen LogP contribution in [0.2, 0.25) is 19.6 Å². The van der Waals surface area contributed by atoms with Gasteiger partial charge in [-0.1, -0.05) is 104 Å². The molecule has 0 heterocycles. The van der Waals surface area contributed by atoms with E-state index in [0.29, 0.717) is 0 Å². The smallest absolute Gasteiger partial charge is 0.0656 e. The predicted molar refractivity (Wildman–Crippen MR) is 117 cm³/mol. The van der Waals surface area contributed by atoms with Crippen LogP contribution in [0, 0.1) is 0 Å². The van der Waals surface area contributed by atoms with Crippen LogP contribution in [0.4, 0.5) is 0 Å². The summed E-state index contributed by atoms with van der Waals surface area (Å²) >= 11 is 0. The van der Waals surface area contributed by atoms with Crippen molar-refractivity contribution in [2.45, 2.75) is 19.6 Å². The first-order valence-electron chi connectivity index (χ1n) is 9.30. The van der Waals surface area contributed by atoms with E-state index < -0.39 is 8.07 Å². The van der Waals surface area contributed by atoms with Gasteiger partial charge in [-0.15, -0.1) is 0 Å². The van der Waals surface area contributed by atoms with Crippen molar-refractivity contribution in [2.24, 2.45) is 0 Å². The lowest BCUT2D eigenvalue weighted by Crippen LogP contribution is -2.37. The fraction of sp³-hybridized carbons (Fsp3) is 0.120. The summed E-state index contributed by atoms with van der Waals surface area (Å²) in [5.41, 5.74) is 8.19. The molecule has 4 aromatic carbocycles. The normalized spacial score (nSPS) is 12.4. The molecule has 26 heavy (non-hydrogen) atoms. The Morgan fingerprint density at radius 2 is 1.23 bits per heavy atom. The van der Waals surface area contributed by atoms with Crippen LogP contribution in [0.5, 0.6) is 0 Å². The Bertz CT molecular complexity index is 1150. The van der Waals surface area contributed by atoms with Gasteiger partial charge in [0.1, 0.15) is 0 Å². The Hall–Kier alpha value is -2.64. The van der Waals surface area contributed by atoms with Gasteiger partial charge in [0, 0.05) is 0 Å². The second-order valence-electron chi connectivity index (χ2n) is 8.27. The number of benzene rings is 4. The maximum Gasteiger partial charge on any atom is 0.0776 e. The summed E-state index contributed by atoms with van der Waals surface area (Å²) in [7, 11) is -1.33. The van der Waals surface area contributed by atoms with Gasteiger partial charge in [-0.25, -0.2) is 0 Å². The summed E-state index contributed by atoms with van der Waals surface area (Å²) in [5, 5.41) is 4.30. The van der Waals surface area contributed by atoms with E-state index in [1.807, 2.05) is 0 Å². The first kappa shape index (κ1) is 15.6. The molecule has 0 saturated carbocycles. The molecular formula is C25H22Si. The van der Waals surface area contributed by atoms with Gasteiger partial charge in [0.05, 0.1) is 8.07 Å². The fourth-order valence-corrected chi connectivity index (χ4v) is 5.35. The molecular weight excluding hydrogens is 328 g/mol. The lowest BCUT2D eigenvalue weighted by molar-refractivity contribution is 1.65. The largest absolute Gasteiger partial charge is 0.0776 e. The predicted octanol–water partition coefficient (Wildman–Crippen LogP) is 6.70. The van der Waals surface area contributed by atoms with Gasteiger partial charge in [0.15, 0.2) is 0 Å². The quantitative estimate of drug-likeness (QED) is 0.311. The average molecular weight is 351 g/mol. The topological polar surface area (TPSA) is 0 Å². The molecule has 0 fully saturated rings. The first-order chi connectivity index (χ1) is 12.5. The van der Waals surface area contributed by atoms with Gasteiger partial charge in [0.2, 0.25) is 0 Å². The summed E-state index contributed by atoms with van der Waals surface area (Å²) in [5.74, 6) is 0. The Balaban J connectivity index is 1.82. The standard InChI is InChI=1S/C25H22Si/c1-26(2,3)18-12-13-20-23-15-14-19(17-8-5-4-6-9-17)21-10-7-11-22(25(21)23)24(20)16-18/h4-16H,1-3H3. The molecule has 0 bridgehead atoms. The van der Waals surface area contributed by atoms with Crippen molar-refractivity contribution in [3.8, 4) is 33.4 Å². The third kappa shape index (κ3) is 2.20. The zero-order valence-electron chi connectivity index (χ0n) is 15.5. The molecule has 0 aromatic heterocycles. The molecule has 0 radical (unpaired) electrons. The maximum atomic E-state index is 2.46. The minimum Gasteiger partial charge on any atom is -0.0656 e. The molecule has 126 valence electrons. The van der Waals surface area contributed by atoms with Gasteiger partial charge in [-0.3, -0.25) is 0 Å². The number of fused-ring (bicyclic) bond motifs is 3. The van der Waals surface area contributed by atoms with E-state index >= 15 is 0 Å². The first-order valence-corrected chi connectivity index (χ1v) is 12.8. The molecule has 1 aliphatic carbocycles. The molecule has 1 aliphatic rings. The van der Waals surface area contributed by atoms with E-state index in [0.717, 1.165) is 0 Å². The van der Waals surface area contributed by atoms with E-state index in [9.17, 15) is 0 Å². The third-order valence-electron chi connectivity index (χ3n) is 5.59. The fourth-order valence-electron chi connectivity index (χ4n) is 4.19. The minimum absolute atomic E-state index is 1.29. The van der Waals surface area contributed by atoms with Crippen LogP contribution in [0.25, 0.3) is 44.2 Å². The van der Waals surface area contributed by atoms with E-state index in [1.54, 1.807) is 0 Å². The van der Waals surface area contributed by atoms with Crippen LogP contribution in [0.1, 0.15) is 0 Å². The zero-order valence-corrected chi connectivity index (χ0v) is 16.5. The summed E-state index contributed by atoms with van der Waals surface area (Å²) in [6.45, 7) is 7.26. The highest BCUT2D eigenvalue weighted by molar-refractivity contribution is 6.88. The van der Waals surface area contributed by atoms with E-state index in [1.165, 1.54) is 49.3 Å². The molecule has 1 heteroatoms. The highest BCUT2D eigenvalue weighted by atomic mass is 28.3. The molecule has 0 nitrogen and oxygen atoms in total. The Morgan fingerprint density at radius 3 is 2.00 bits per heavy atom. The highest BCUT2D eigenvalue weighted by Crippen LogP contribution is 2.48. The SMILES string of the molecule is C[Si](C)(C)c1ccc2c(c1)-c1cccc3c(-c4ccccc4)ccc-2c13. The summed E-state index contributed by atoms with van der Waals surface area (Å²) in [4.78, 5) is 0. The Kier molecular flexibility index (Phi) is 3.25. The lowest BCUT2D eigenvalue weighted by atomic mass is 9.94. The molecule has 0 unspecified atom stereocenters. The molecule has 0 amide bonds. The van der Waals surface area contributed by atoms with E-state index in [-0.39, 0.29) is 0 Å². The van der Waals surface area contributed by atoms with Crippen LogP contribution in [0.15, 0.2) is 78.9 Å². The minimum atomic E-state index is -1.33. The summed E-state index contributed by atoms with van der Waals surface area (Å²) in [6, 6.07) is 29.3. The number of rotatable bonds is 2. The van der Waals surface area contributed by atoms with Gasteiger partial charge < -0.3 is 0 Å². The van der Waals surface area contributed by atoms with Crippen LogP contribution in [-0.4, -0.2) is 8.07 Å². The molecule has 0 N–H and O–H groups in total. The van der Waals surface area contributed by atoms with Crippen molar-refractivity contribution in [1.82, 2.24) is 0 Å². The van der Waals surface area contributed by atoms with Gasteiger partial charge in [0.25, 0.3) is 0 Å².